The minimum Gasteiger partial charge on any atom is -0.319 e. The molecule has 72 heavy (non-hydrogen) atoms. The van der Waals surface area contributed by atoms with Gasteiger partial charge in [-0.15, -0.1) is 22.5 Å². The lowest BCUT2D eigenvalue weighted by Crippen LogP contribution is -2.63. The third-order valence-corrected chi connectivity index (χ3v) is 14.6. The summed E-state index contributed by atoms with van der Waals surface area (Å²) >= 11 is 0. The maximum absolute atomic E-state index is 14.5. The van der Waals surface area contributed by atoms with Crippen molar-refractivity contribution in [1.29, 1.82) is 0 Å². The van der Waals surface area contributed by atoms with Crippen molar-refractivity contribution in [3.63, 3.8) is 0 Å². The first kappa shape index (κ1) is 69.5. The summed E-state index contributed by atoms with van der Waals surface area (Å²) in [4.78, 5) is 25.1. The van der Waals surface area contributed by atoms with E-state index in [1.807, 2.05) is 23.9 Å². The Labute approximate surface area is 395 Å². The fourth-order valence-corrected chi connectivity index (χ4v) is 6.86. The largest absolute Gasteiger partial charge is 0.478 e. The minimum atomic E-state index is -6.94. The van der Waals surface area contributed by atoms with E-state index in [4.69, 9.17) is 0 Å². The summed E-state index contributed by atoms with van der Waals surface area (Å²) in [6, 6.07) is 12.6. The van der Waals surface area contributed by atoms with Crippen LogP contribution in [0, 0.1) is 0 Å². The highest BCUT2D eigenvalue weighted by molar-refractivity contribution is 6.94. The van der Waals surface area contributed by atoms with Crippen LogP contribution in [0.4, 0.5) is 122 Å². The Kier molecular flexibility index (Phi) is 23.8. The fraction of sp³-hybridized carbons (Fsp3) is 0.526. The van der Waals surface area contributed by atoms with E-state index in [0.717, 1.165) is 23.1 Å². The molecule has 8 nitrogen and oxygen atoms in total. The summed E-state index contributed by atoms with van der Waals surface area (Å²) < 4.78 is 304. The number of ether oxygens (including phenoxy) is 3. The number of carbonyl (C=O) groups is 2. The van der Waals surface area contributed by atoms with Gasteiger partial charge < -0.3 is 9.64 Å². The molecule has 0 spiro atoms. The molecule has 416 valence electrons. The monoisotopic (exact) mass is 1130 g/mol. The molecule has 0 saturated carbocycles. The summed E-state index contributed by atoms with van der Waals surface area (Å²) in [5.74, 6) is -15.1. The fourth-order valence-electron chi connectivity index (χ4n) is 4.29. The van der Waals surface area contributed by atoms with Gasteiger partial charge in [-0.1, -0.05) is 79.1 Å². The van der Waals surface area contributed by atoms with Crippen molar-refractivity contribution >= 4 is 50.0 Å². The average Bonchev–Trinajstić information content (AvgIpc) is 3.23. The number of likely N-dealkylation sites (N-methyl/N-ethyl adjacent to an activating group) is 1. The first-order valence-corrected chi connectivity index (χ1v) is 25.0. The molecule has 2 aromatic rings. The van der Waals surface area contributed by atoms with Gasteiger partial charge >= 0.3 is 72.9 Å². The highest BCUT2D eigenvalue weighted by Gasteiger charge is 2.80. The lowest BCUT2D eigenvalue weighted by atomic mass is 10.2. The van der Waals surface area contributed by atoms with Gasteiger partial charge in [0.1, 0.15) is 22.6 Å². The number of carbonyl (C=O) groups excluding carboxylic acids is 2. The smallest absolute Gasteiger partial charge is 0.319 e. The first-order valence-electron chi connectivity index (χ1n) is 18.9. The first-order chi connectivity index (χ1) is 31.8. The second-order valence-corrected chi connectivity index (χ2v) is 24.1. The SMILES string of the molecule is C=C[Si](C)(C)c1cccc(N(C)C(=O)C(F)(OC(F)(F)CC(F)(F)F)C(F)(F)F)c1.C=C[Si](C)(C)c1cccc(N(C)C(=O)F)c1.CCC(F)(F)F.COC(F)(F)C(F)(OC(F)(F)C(F)(F)OF)C(F)(F)F. The van der Waals surface area contributed by atoms with Gasteiger partial charge in [-0.05, 0) is 28.8 Å². The average molecular weight is 1130 g/mol. The van der Waals surface area contributed by atoms with Gasteiger partial charge in [0.15, 0.2) is 0 Å². The molecule has 2 rings (SSSR count). The van der Waals surface area contributed by atoms with Gasteiger partial charge in [-0.25, -0.2) is 4.79 Å². The summed E-state index contributed by atoms with van der Waals surface area (Å²) in [5.41, 5.74) is 3.84. The molecular formula is C38H42F24N2O6Si2. The van der Waals surface area contributed by atoms with Gasteiger partial charge in [-0.2, -0.15) is 96.6 Å². The Hall–Kier alpha value is -4.55. The third kappa shape index (κ3) is 19.4. The molecule has 0 aliphatic heterocycles. The highest BCUT2D eigenvalue weighted by atomic mass is 28.3. The predicted molar refractivity (Wildman–Crippen MR) is 214 cm³/mol. The second kappa shape index (κ2) is 24.7. The topological polar surface area (TPSA) is 77.5 Å². The van der Waals surface area contributed by atoms with E-state index < -0.39 is 102 Å². The van der Waals surface area contributed by atoms with E-state index in [-0.39, 0.29) is 17.7 Å². The molecule has 0 aromatic heterocycles. The number of nitrogens with zero attached hydrogens (tertiary/aromatic N) is 2. The van der Waals surface area contributed by atoms with Gasteiger partial charge in [0.25, 0.3) is 0 Å². The second-order valence-electron chi connectivity index (χ2n) is 15.2. The van der Waals surface area contributed by atoms with E-state index in [0.29, 0.717) is 17.9 Å². The number of hydrogen-bond donors (Lipinski definition) is 0. The molecule has 0 radical (unpaired) electrons. The zero-order chi connectivity index (χ0) is 57.9. The number of hydrogen-bond acceptors (Lipinski definition) is 6. The van der Waals surface area contributed by atoms with Crippen molar-refractivity contribution < 1.29 is 134 Å². The molecule has 0 fully saturated rings. The van der Waals surface area contributed by atoms with Gasteiger partial charge in [-0.3, -0.25) is 19.2 Å². The maximum Gasteiger partial charge on any atom is 0.478 e. The highest BCUT2D eigenvalue weighted by Crippen LogP contribution is 2.52. The number of benzene rings is 2. The molecule has 0 aliphatic carbocycles. The normalized spacial score (nSPS) is 14.9. The maximum atomic E-state index is 14.5. The van der Waals surface area contributed by atoms with Crippen LogP contribution in [0.25, 0.3) is 0 Å². The predicted octanol–water partition coefficient (Wildman–Crippen LogP) is 13.4. The summed E-state index contributed by atoms with van der Waals surface area (Å²) in [5, 5.41) is 1.70. The van der Waals surface area contributed by atoms with E-state index in [2.05, 4.69) is 35.7 Å². The number of anilines is 2. The molecule has 0 N–H and O–H groups in total. The Morgan fingerprint density at radius 1 is 0.597 bits per heavy atom. The van der Waals surface area contributed by atoms with Crippen LogP contribution in [0.5, 0.6) is 0 Å². The Balaban J connectivity index is 0. The number of alkyl halides is 22. The number of rotatable bonds is 16. The summed E-state index contributed by atoms with van der Waals surface area (Å²) in [7, 11) is -2.13. The number of halogens is 24. The Morgan fingerprint density at radius 3 is 1.25 bits per heavy atom. The summed E-state index contributed by atoms with van der Waals surface area (Å²) in [6.07, 6.45) is -53.4. The molecule has 0 bridgehead atoms. The molecule has 2 aromatic carbocycles. The van der Waals surface area contributed by atoms with Crippen molar-refractivity contribution in [2.45, 2.75) is 107 Å². The molecule has 0 heterocycles. The van der Waals surface area contributed by atoms with E-state index in [1.165, 1.54) is 24.1 Å². The van der Waals surface area contributed by atoms with Crippen LogP contribution >= 0.6 is 0 Å². The third-order valence-electron chi connectivity index (χ3n) is 8.98. The molecule has 2 unspecified atom stereocenters. The van der Waals surface area contributed by atoms with Crippen LogP contribution in [0.3, 0.4) is 0 Å². The molecule has 0 saturated heterocycles. The molecular weight excluding hydrogens is 1090 g/mol. The molecule has 2 atom stereocenters. The minimum absolute atomic E-state index is 0.0498. The van der Waals surface area contributed by atoms with E-state index in [9.17, 15) is 115 Å². The van der Waals surface area contributed by atoms with E-state index in [1.54, 1.807) is 35.7 Å². The molecule has 2 amide bonds. The van der Waals surface area contributed by atoms with Gasteiger partial charge in [0, 0.05) is 39.0 Å². The quantitative estimate of drug-likeness (QED) is 0.0721. The van der Waals surface area contributed by atoms with Crippen LogP contribution < -0.4 is 20.2 Å². The Bertz CT molecular complexity index is 2100. The van der Waals surface area contributed by atoms with Crippen LogP contribution in [0.1, 0.15) is 19.8 Å². The van der Waals surface area contributed by atoms with E-state index >= 15 is 0 Å². The zero-order valence-corrected chi connectivity index (χ0v) is 40.0. The van der Waals surface area contributed by atoms with Crippen molar-refractivity contribution in [3.8, 4) is 0 Å². The number of methoxy groups -OCH3 is 1. The van der Waals surface area contributed by atoms with Crippen LogP contribution in [-0.2, 0) is 23.9 Å². The standard InChI is InChI=1S/C17H18F9NO2Si.C12H16FNOSi.C6H3F11O3.C3H5F3/c1-5-30(3,4)12-8-6-7-11(9-12)27(2)13(28)16(23,17(24,25)26)29-15(21,22)10-14(18,19)20;1-5-16(3,4)11-8-6-7-10(9-11)14(2)12(13)15;1-18-4(11,12)2(7,3(8,9)10)19-5(13,14)6(15,16)20-17;1-2-3(4,5)6/h5-9H,1,10H2,2-4H3;5-9H,1H2,2-4H3;1H3;2H2,1H3. The van der Waals surface area contributed by atoms with Crippen molar-refractivity contribution in [3.05, 3.63) is 73.1 Å². The Morgan fingerprint density at radius 2 is 0.972 bits per heavy atom. The van der Waals surface area contributed by atoms with Crippen LogP contribution in [-0.4, -0.2) is 110 Å². The van der Waals surface area contributed by atoms with Crippen molar-refractivity contribution in [2.24, 2.45) is 0 Å². The zero-order valence-electron chi connectivity index (χ0n) is 38.0. The summed E-state index contributed by atoms with van der Waals surface area (Å²) in [6.45, 7) is 16.4. The van der Waals surface area contributed by atoms with Gasteiger partial charge in [0.2, 0.25) is 0 Å². The van der Waals surface area contributed by atoms with Gasteiger partial charge in [0.05, 0.1) is 0 Å². The van der Waals surface area contributed by atoms with Crippen molar-refractivity contribution in [2.75, 3.05) is 31.0 Å². The lowest BCUT2D eigenvalue weighted by Gasteiger charge is -2.36. The lowest BCUT2D eigenvalue weighted by molar-refractivity contribution is -0.552. The number of amides is 2. The van der Waals surface area contributed by atoms with Crippen molar-refractivity contribution in [1.82, 2.24) is 0 Å². The molecule has 0 aliphatic rings. The van der Waals surface area contributed by atoms with Crippen LogP contribution in [0.15, 0.2) is 73.1 Å². The van der Waals surface area contributed by atoms with Crippen LogP contribution in [0.2, 0.25) is 26.2 Å². The molecule has 34 heteroatoms.